The lowest BCUT2D eigenvalue weighted by atomic mass is 10.1. The molecule has 0 saturated carbocycles. The Morgan fingerprint density at radius 2 is 1.90 bits per heavy atom. The average molecular weight is 434 g/mol. The summed E-state index contributed by atoms with van der Waals surface area (Å²) in [5.41, 5.74) is -2.08. The minimum atomic E-state index is -4.65. The second-order valence-electron chi connectivity index (χ2n) is 6.56. The lowest BCUT2D eigenvalue weighted by Crippen LogP contribution is -2.46. The summed E-state index contributed by atoms with van der Waals surface area (Å²) in [6.45, 7) is 0.332. The van der Waals surface area contributed by atoms with E-state index in [1.54, 1.807) is 0 Å². The number of likely N-dealkylation sites (tertiary alicyclic amines) is 1. The zero-order valence-corrected chi connectivity index (χ0v) is 15.3. The molecule has 6 nitrogen and oxygen atoms in total. The van der Waals surface area contributed by atoms with Gasteiger partial charge in [0.05, 0.1) is 12.1 Å². The van der Waals surface area contributed by atoms with Crippen LogP contribution in [0.25, 0.3) is 0 Å². The Bertz CT molecular complexity index is 903. The summed E-state index contributed by atoms with van der Waals surface area (Å²) in [7, 11) is 0. The number of anilines is 1. The van der Waals surface area contributed by atoms with Crippen molar-refractivity contribution in [2.45, 2.75) is 31.3 Å². The zero-order chi connectivity index (χ0) is 21.9. The number of nitrogens with zero attached hydrogens (tertiary/aromatic N) is 3. The van der Waals surface area contributed by atoms with E-state index in [1.807, 2.05) is 0 Å². The van der Waals surface area contributed by atoms with Crippen LogP contribution in [0.4, 0.5) is 36.8 Å². The number of urea groups is 1. The molecule has 12 heteroatoms. The Morgan fingerprint density at radius 3 is 2.60 bits per heavy atom. The van der Waals surface area contributed by atoms with E-state index < -0.39 is 41.8 Å². The summed E-state index contributed by atoms with van der Waals surface area (Å²) in [5, 5.41) is 2.39. The molecule has 2 heterocycles. The number of rotatable bonds is 3. The minimum Gasteiger partial charge on any atom is -0.458 e. The third-order valence-corrected chi connectivity index (χ3v) is 4.30. The molecule has 30 heavy (non-hydrogen) atoms. The second kappa shape index (κ2) is 8.36. The van der Waals surface area contributed by atoms with Crippen molar-refractivity contribution in [2.75, 3.05) is 18.4 Å². The van der Waals surface area contributed by atoms with Gasteiger partial charge < -0.3 is 15.0 Å². The number of aromatic nitrogens is 2. The Morgan fingerprint density at radius 1 is 1.13 bits per heavy atom. The van der Waals surface area contributed by atoms with Gasteiger partial charge in [0.15, 0.2) is 5.69 Å². The third kappa shape index (κ3) is 5.51. The van der Waals surface area contributed by atoms with Crippen molar-refractivity contribution < 1.29 is 35.9 Å². The fraction of sp³-hybridized carbons (Fsp3) is 0.389. The Balaban J connectivity index is 1.63. The molecule has 0 radical (unpaired) electrons. The number of hydrogen-bond donors (Lipinski definition) is 1. The van der Waals surface area contributed by atoms with Gasteiger partial charge in [-0.15, -0.1) is 0 Å². The van der Waals surface area contributed by atoms with E-state index in [0.717, 1.165) is 18.3 Å². The van der Waals surface area contributed by atoms with E-state index in [4.69, 9.17) is 4.74 Å². The fourth-order valence-electron chi connectivity index (χ4n) is 2.90. The first-order chi connectivity index (χ1) is 14.0. The average Bonchev–Trinajstić information content (AvgIpc) is 2.67. The monoisotopic (exact) mass is 434 g/mol. The Kier molecular flexibility index (Phi) is 6.04. The van der Waals surface area contributed by atoms with Crippen LogP contribution in [-0.2, 0) is 12.4 Å². The van der Waals surface area contributed by atoms with Gasteiger partial charge in [0.1, 0.15) is 6.10 Å². The van der Waals surface area contributed by atoms with Crippen molar-refractivity contribution in [1.29, 1.82) is 0 Å². The number of carbonyl (C=O) groups excluding carboxylic acids is 1. The topological polar surface area (TPSA) is 67.4 Å². The molecule has 3 rings (SSSR count). The van der Waals surface area contributed by atoms with Crippen LogP contribution in [0.15, 0.2) is 36.5 Å². The van der Waals surface area contributed by atoms with Crippen LogP contribution < -0.4 is 10.1 Å². The normalized spacial score (nSPS) is 17.5. The quantitative estimate of drug-likeness (QED) is 0.718. The standard InChI is InChI=1S/C18H16F6N4O2/c19-17(20,21)11-3-1-4-12(9-11)26-16(29)28-8-2-5-13(10-28)30-15-25-7-6-14(27-15)18(22,23)24/h1,3-4,6-7,9,13H,2,5,8,10H2,(H,26,29). The van der Waals surface area contributed by atoms with Gasteiger partial charge in [0.2, 0.25) is 0 Å². The fourth-order valence-corrected chi connectivity index (χ4v) is 2.90. The summed E-state index contributed by atoms with van der Waals surface area (Å²) in [6.07, 6.45) is -7.99. The molecule has 2 amide bonds. The summed E-state index contributed by atoms with van der Waals surface area (Å²) in [5.74, 6) is 0. The molecule has 0 bridgehead atoms. The molecule has 1 aliphatic rings. The number of piperidine rings is 1. The van der Waals surface area contributed by atoms with E-state index in [2.05, 4.69) is 15.3 Å². The summed E-state index contributed by atoms with van der Waals surface area (Å²) < 4.78 is 82.0. The molecule has 1 aliphatic heterocycles. The highest BCUT2D eigenvalue weighted by atomic mass is 19.4. The number of hydrogen-bond acceptors (Lipinski definition) is 4. The lowest BCUT2D eigenvalue weighted by Gasteiger charge is -2.32. The number of benzene rings is 1. The number of halogens is 6. The number of carbonyl (C=O) groups is 1. The first kappa shape index (κ1) is 21.7. The van der Waals surface area contributed by atoms with Crippen LogP contribution in [0.5, 0.6) is 6.01 Å². The van der Waals surface area contributed by atoms with Gasteiger partial charge in [-0.2, -0.15) is 31.3 Å². The van der Waals surface area contributed by atoms with Crippen molar-refractivity contribution in [2.24, 2.45) is 0 Å². The van der Waals surface area contributed by atoms with Gasteiger partial charge in [-0.1, -0.05) is 6.07 Å². The molecule has 1 aromatic carbocycles. The summed E-state index contributed by atoms with van der Waals surface area (Å²) >= 11 is 0. The largest absolute Gasteiger partial charge is 0.458 e. The van der Waals surface area contributed by atoms with Crippen LogP contribution in [0.3, 0.4) is 0 Å². The lowest BCUT2D eigenvalue weighted by molar-refractivity contribution is -0.141. The molecular weight excluding hydrogens is 418 g/mol. The number of nitrogens with one attached hydrogen (secondary N) is 1. The Labute approximate surface area is 166 Å². The summed E-state index contributed by atoms with van der Waals surface area (Å²) in [6, 6.07) is 3.79. The molecular formula is C18H16F6N4O2. The van der Waals surface area contributed by atoms with Gasteiger partial charge in [0, 0.05) is 18.4 Å². The highest BCUT2D eigenvalue weighted by molar-refractivity contribution is 5.89. The van der Waals surface area contributed by atoms with Crippen molar-refractivity contribution in [3.8, 4) is 6.01 Å². The van der Waals surface area contributed by atoms with E-state index in [9.17, 15) is 31.1 Å². The van der Waals surface area contributed by atoms with E-state index in [0.29, 0.717) is 25.5 Å². The predicted octanol–water partition coefficient (Wildman–Crippen LogP) is 4.59. The van der Waals surface area contributed by atoms with Crippen LogP contribution in [0.2, 0.25) is 0 Å². The first-order valence-corrected chi connectivity index (χ1v) is 8.82. The van der Waals surface area contributed by atoms with Crippen LogP contribution in [-0.4, -0.2) is 40.1 Å². The highest BCUT2D eigenvalue weighted by Crippen LogP contribution is 2.31. The van der Waals surface area contributed by atoms with Crippen molar-refractivity contribution in [3.05, 3.63) is 47.8 Å². The molecule has 2 aromatic rings. The highest BCUT2D eigenvalue weighted by Gasteiger charge is 2.34. The molecule has 1 fully saturated rings. The molecule has 1 saturated heterocycles. The predicted molar refractivity (Wildman–Crippen MR) is 92.7 cm³/mol. The number of ether oxygens (including phenoxy) is 1. The van der Waals surface area contributed by atoms with Gasteiger partial charge >= 0.3 is 24.4 Å². The maximum Gasteiger partial charge on any atom is 0.433 e. The van der Waals surface area contributed by atoms with E-state index >= 15 is 0 Å². The van der Waals surface area contributed by atoms with Gasteiger partial charge in [-0.3, -0.25) is 0 Å². The van der Waals surface area contributed by atoms with Crippen molar-refractivity contribution in [3.63, 3.8) is 0 Å². The SMILES string of the molecule is O=C(Nc1cccc(C(F)(F)F)c1)N1CCCC(Oc2nccc(C(F)(F)F)n2)C1. The van der Waals surface area contributed by atoms with Crippen LogP contribution >= 0.6 is 0 Å². The minimum absolute atomic E-state index is 0.0183. The molecule has 1 atom stereocenters. The molecule has 0 spiro atoms. The van der Waals surface area contributed by atoms with E-state index in [1.165, 1.54) is 17.0 Å². The first-order valence-electron chi connectivity index (χ1n) is 8.82. The van der Waals surface area contributed by atoms with Crippen LogP contribution in [0.1, 0.15) is 24.1 Å². The van der Waals surface area contributed by atoms with Crippen molar-refractivity contribution >= 4 is 11.7 Å². The zero-order valence-electron chi connectivity index (χ0n) is 15.3. The second-order valence-corrected chi connectivity index (χ2v) is 6.56. The van der Waals surface area contributed by atoms with Gasteiger partial charge in [-0.05, 0) is 37.1 Å². The van der Waals surface area contributed by atoms with Crippen molar-refractivity contribution in [1.82, 2.24) is 14.9 Å². The Hall–Kier alpha value is -3.05. The smallest absolute Gasteiger partial charge is 0.433 e. The molecule has 0 aliphatic carbocycles. The summed E-state index contributed by atoms with van der Waals surface area (Å²) in [4.78, 5) is 20.7. The molecule has 1 N–H and O–H groups in total. The number of amides is 2. The number of alkyl halides is 6. The van der Waals surface area contributed by atoms with Crippen LogP contribution in [0, 0.1) is 0 Å². The maximum atomic E-state index is 12.8. The van der Waals surface area contributed by atoms with E-state index in [-0.39, 0.29) is 12.2 Å². The molecule has 1 aromatic heterocycles. The maximum absolute atomic E-state index is 12.8. The third-order valence-electron chi connectivity index (χ3n) is 4.30. The molecule has 1 unspecified atom stereocenters. The van der Waals surface area contributed by atoms with Gasteiger partial charge in [0.25, 0.3) is 0 Å². The molecule has 162 valence electrons. The van der Waals surface area contributed by atoms with Gasteiger partial charge in [-0.25, -0.2) is 9.78 Å².